The molecule has 0 aliphatic heterocycles. The van der Waals surface area contributed by atoms with Crippen LogP contribution in [0.4, 0.5) is 5.95 Å². The Morgan fingerprint density at radius 3 is 2.61 bits per heavy atom. The van der Waals surface area contributed by atoms with Gasteiger partial charge in [-0.15, -0.1) is 0 Å². The zero-order chi connectivity index (χ0) is 19.7. The molecule has 2 aliphatic rings. The van der Waals surface area contributed by atoms with Crippen LogP contribution in [0.15, 0.2) is 18.3 Å². The number of Topliss-reactive ketones (excluding diaryl/α,β-unsaturated/α-hetero) is 1. The zero-order valence-electron chi connectivity index (χ0n) is 16.4. The highest BCUT2D eigenvalue weighted by Gasteiger charge is 2.32. The molecule has 2 N–H and O–H groups in total. The van der Waals surface area contributed by atoms with Gasteiger partial charge in [-0.25, -0.2) is 15.0 Å². The average molecular weight is 378 g/mol. The number of ether oxygens (including phenoxy) is 1. The number of nitrogens with two attached hydrogens (primary N) is 1. The maximum absolute atomic E-state index is 13.1. The predicted octanol–water partition coefficient (Wildman–Crippen LogP) is 3.95. The number of nitrogens with zero attached hydrogens (tertiary/aromatic N) is 3. The Balaban J connectivity index is 1.84. The van der Waals surface area contributed by atoms with E-state index in [9.17, 15) is 4.79 Å². The average Bonchev–Trinajstić information content (AvgIpc) is 3.21. The molecule has 0 bridgehead atoms. The molecule has 2 aliphatic carbocycles. The van der Waals surface area contributed by atoms with Crippen LogP contribution in [0.1, 0.15) is 67.0 Å². The van der Waals surface area contributed by atoms with Gasteiger partial charge >= 0.3 is 0 Å². The number of rotatable bonds is 3. The number of carbonyl (C=O) groups is 1. The maximum atomic E-state index is 13.1. The van der Waals surface area contributed by atoms with Gasteiger partial charge in [0.15, 0.2) is 5.78 Å². The Labute approximate surface area is 165 Å². The van der Waals surface area contributed by atoms with Crippen molar-refractivity contribution in [3.05, 3.63) is 40.8 Å². The van der Waals surface area contributed by atoms with Crippen molar-refractivity contribution < 1.29 is 9.53 Å². The molecule has 2 aromatic heterocycles. The molecule has 2 heterocycles. The first kappa shape index (κ1) is 18.6. The van der Waals surface area contributed by atoms with Crippen molar-refractivity contribution in [2.24, 2.45) is 5.92 Å². The standard InChI is InChI=1S/C22H26N4O2/c1-13-17-11-18(15-7-10-20(28-2)24-12-15)19(27)9-8-16(14-5-3-4-6-14)21(17)26-22(23)25-13/h7,10-12,14,16H,3-6,8-9H2,1-2H3,(H2,23,25,26)/b18-11-. The number of methoxy groups -OCH3 is 1. The molecular formula is C22H26N4O2. The van der Waals surface area contributed by atoms with Gasteiger partial charge in [-0.1, -0.05) is 12.8 Å². The lowest BCUT2D eigenvalue weighted by Gasteiger charge is -2.27. The number of anilines is 1. The summed E-state index contributed by atoms with van der Waals surface area (Å²) in [6.07, 6.45) is 9.82. The lowest BCUT2D eigenvalue weighted by molar-refractivity contribution is -0.113. The third-order valence-corrected chi connectivity index (χ3v) is 6.03. The quantitative estimate of drug-likeness (QED) is 0.870. The number of hydrogen-bond donors (Lipinski definition) is 1. The second-order valence-corrected chi connectivity index (χ2v) is 7.73. The van der Waals surface area contributed by atoms with E-state index in [1.54, 1.807) is 19.4 Å². The number of aromatic nitrogens is 3. The summed E-state index contributed by atoms with van der Waals surface area (Å²) in [6.45, 7) is 1.94. The summed E-state index contributed by atoms with van der Waals surface area (Å²) in [5, 5.41) is 0. The van der Waals surface area contributed by atoms with Crippen LogP contribution < -0.4 is 10.5 Å². The van der Waals surface area contributed by atoms with Gasteiger partial charge in [-0.3, -0.25) is 4.79 Å². The summed E-state index contributed by atoms with van der Waals surface area (Å²) < 4.78 is 5.14. The van der Waals surface area contributed by atoms with E-state index in [1.807, 2.05) is 19.1 Å². The topological polar surface area (TPSA) is 91.0 Å². The minimum atomic E-state index is 0.136. The van der Waals surface area contributed by atoms with Crippen LogP contribution >= 0.6 is 0 Å². The van der Waals surface area contributed by atoms with Crippen molar-refractivity contribution in [2.45, 2.75) is 51.4 Å². The maximum Gasteiger partial charge on any atom is 0.220 e. The number of carbonyl (C=O) groups excluding carboxylic acids is 1. The number of aryl methyl sites for hydroxylation is 1. The minimum absolute atomic E-state index is 0.136. The van der Waals surface area contributed by atoms with Crippen LogP contribution in [-0.4, -0.2) is 27.8 Å². The molecule has 6 nitrogen and oxygen atoms in total. The molecular weight excluding hydrogens is 352 g/mol. The number of nitrogen functional groups attached to an aromatic ring is 1. The van der Waals surface area contributed by atoms with E-state index < -0.39 is 0 Å². The third-order valence-electron chi connectivity index (χ3n) is 6.03. The lowest BCUT2D eigenvalue weighted by atomic mass is 9.79. The van der Waals surface area contributed by atoms with Gasteiger partial charge in [0.1, 0.15) is 0 Å². The van der Waals surface area contributed by atoms with Gasteiger partial charge in [0.2, 0.25) is 11.8 Å². The molecule has 146 valence electrons. The van der Waals surface area contributed by atoms with E-state index in [-0.39, 0.29) is 11.7 Å². The smallest absolute Gasteiger partial charge is 0.220 e. The summed E-state index contributed by atoms with van der Waals surface area (Å²) in [6, 6.07) is 3.65. The van der Waals surface area contributed by atoms with E-state index >= 15 is 0 Å². The van der Waals surface area contributed by atoms with Gasteiger partial charge < -0.3 is 10.5 Å². The van der Waals surface area contributed by atoms with Crippen LogP contribution in [-0.2, 0) is 4.79 Å². The SMILES string of the molecule is COc1ccc(/C2=C/c3c(C)nc(N)nc3C(C3CCCC3)CCC2=O)cn1. The van der Waals surface area contributed by atoms with Gasteiger partial charge in [0.05, 0.1) is 18.5 Å². The number of allylic oxidation sites excluding steroid dienone is 1. The highest BCUT2D eigenvalue weighted by atomic mass is 16.5. The van der Waals surface area contributed by atoms with Crippen molar-refractivity contribution >= 4 is 23.4 Å². The summed E-state index contributed by atoms with van der Waals surface area (Å²) in [7, 11) is 1.58. The Morgan fingerprint density at radius 2 is 1.93 bits per heavy atom. The number of ketones is 1. The van der Waals surface area contributed by atoms with Gasteiger partial charge in [-0.05, 0) is 44.2 Å². The van der Waals surface area contributed by atoms with Gasteiger partial charge in [0, 0.05) is 41.3 Å². The first-order valence-electron chi connectivity index (χ1n) is 9.96. The normalized spacial score (nSPS) is 22.1. The van der Waals surface area contributed by atoms with Crippen molar-refractivity contribution in [1.29, 1.82) is 0 Å². The molecule has 1 saturated carbocycles. The summed E-state index contributed by atoms with van der Waals surface area (Å²) in [4.78, 5) is 26.4. The highest BCUT2D eigenvalue weighted by Crippen LogP contribution is 2.43. The Morgan fingerprint density at radius 1 is 1.14 bits per heavy atom. The second-order valence-electron chi connectivity index (χ2n) is 7.73. The minimum Gasteiger partial charge on any atom is -0.481 e. The van der Waals surface area contributed by atoms with Crippen LogP contribution in [0.3, 0.4) is 0 Å². The van der Waals surface area contributed by atoms with Crippen LogP contribution in [0, 0.1) is 12.8 Å². The fourth-order valence-corrected chi connectivity index (χ4v) is 4.59. The monoisotopic (exact) mass is 378 g/mol. The molecule has 6 heteroatoms. The first-order valence-corrected chi connectivity index (χ1v) is 9.96. The van der Waals surface area contributed by atoms with Crippen molar-refractivity contribution in [3.63, 3.8) is 0 Å². The lowest BCUT2D eigenvalue weighted by Crippen LogP contribution is -2.19. The Kier molecular flexibility index (Phi) is 5.11. The van der Waals surface area contributed by atoms with E-state index in [0.717, 1.165) is 28.9 Å². The van der Waals surface area contributed by atoms with E-state index in [0.29, 0.717) is 29.7 Å². The van der Waals surface area contributed by atoms with Crippen molar-refractivity contribution in [1.82, 2.24) is 15.0 Å². The third kappa shape index (κ3) is 3.51. The molecule has 0 saturated heterocycles. The fraction of sp³-hybridized carbons (Fsp3) is 0.455. The first-order chi connectivity index (χ1) is 13.6. The molecule has 1 fully saturated rings. The van der Waals surface area contributed by atoms with Crippen molar-refractivity contribution in [2.75, 3.05) is 12.8 Å². The number of hydrogen-bond acceptors (Lipinski definition) is 6. The summed E-state index contributed by atoms with van der Waals surface area (Å²) in [5.74, 6) is 1.80. The van der Waals surface area contributed by atoms with E-state index in [1.165, 1.54) is 25.7 Å². The molecule has 0 aromatic carbocycles. The summed E-state index contributed by atoms with van der Waals surface area (Å²) >= 11 is 0. The molecule has 2 aromatic rings. The number of pyridine rings is 1. The zero-order valence-corrected chi connectivity index (χ0v) is 16.4. The molecule has 0 amide bonds. The van der Waals surface area contributed by atoms with Crippen LogP contribution in [0.25, 0.3) is 11.6 Å². The molecule has 4 rings (SSSR count). The number of fused-ring (bicyclic) bond motifs is 1. The van der Waals surface area contributed by atoms with Gasteiger partial charge in [-0.2, -0.15) is 0 Å². The van der Waals surface area contributed by atoms with Crippen LogP contribution in [0.5, 0.6) is 5.88 Å². The Hall–Kier alpha value is -2.76. The molecule has 1 atom stereocenters. The largest absolute Gasteiger partial charge is 0.481 e. The molecule has 0 radical (unpaired) electrons. The second kappa shape index (κ2) is 7.70. The summed E-state index contributed by atoms with van der Waals surface area (Å²) in [5.41, 5.74) is 10.2. The molecule has 0 spiro atoms. The Bertz CT molecular complexity index is 915. The predicted molar refractivity (Wildman–Crippen MR) is 109 cm³/mol. The molecule has 28 heavy (non-hydrogen) atoms. The van der Waals surface area contributed by atoms with Crippen molar-refractivity contribution in [3.8, 4) is 5.88 Å². The van der Waals surface area contributed by atoms with Gasteiger partial charge in [0.25, 0.3) is 0 Å². The highest BCUT2D eigenvalue weighted by molar-refractivity contribution is 6.25. The molecule has 1 unspecified atom stereocenters. The van der Waals surface area contributed by atoms with Crippen LogP contribution in [0.2, 0.25) is 0 Å². The van der Waals surface area contributed by atoms with E-state index in [2.05, 4.69) is 15.0 Å². The fourth-order valence-electron chi connectivity index (χ4n) is 4.59. The van der Waals surface area contributed by atoms with E-state index in [4.69, 9.17) is 10.5 Å².